The largest absolute Gasteiger partial charge is 0.483 e. The van der Waals surface area contributed by atoms with E-state index in [1.165, 1.54) is 17.8 Å². The van der Waals surface area contributed by atoms with Gasteiger partial charge >= 0.3 is 5.97 Å². The standard InChI is InChI=1S/C18H15N5O3/c1-11-13(17(24)25-2)9-20-18-21-15(22-23(11)18)10-26-14-7-3-5-12-6-4-8-19-16(12)14/h3-9H,10H2,1-2H3. The zero-order chi connectivity index (χ0) is 18.1. The second kappa shape index (κ2) is 6.40. The molecule has 0 saturated carbocycles. The Balaban J connectivity index is 1.63. The first kappa shape index (κ1) is 15.9. The summed E-state index contributed by atoms with van der Waals surface area (Å²) >= 11 is 0. The topological polar surface area (TPSA) is 91.5 Å². The molecule has 0 fully saturated rings. The Bertz CT molecular complexity index is 1120. The fourth-order valence-corrected chi connectivity index (χ4v) is 2.69. The molecule has 0 aliphatic heterocycles. The van der Waals surface area contributed by atoms with Crippen LogP contribution in [0.1, 0.15) is 21.9 Å². The molecule has 3 heterocycles. The van der Waals surface area contributed by atoms with Gasteiger partial charge < -0.3 is 9.47 Å². The van der Waals surface area contributed by atoms with Crippen molar-refractivity contribution in [3.8, 4) is 5.75 Å². The number of pyridine rings is 1. The van der Waals surface area contributed by atoms with Crippen LogP contribution >= 0.6 is 0 Å². The first-order valence-electron chi connectivity index (χ1n) is 7.93. The van der Waals surface area contributed by atoms with Crippen LogP contribution in [0.3, 0.4) is 0 Å². The van der Waals surface area contributed by atoms with Gasteiger partial charge in [0.1, 0.15) is 17.9 Å². The molecule has 0 atom stereocenters. The zero-order valence-electron chi connectivity index (χ0n) is 14.2. The number of methoxy groups -OCH3 is 1. The van der Waals surface area contributed by atoms with Gasteiger partial charge in [-0.05, 0) is 19.1 Å². The van der Waals surface area contributed by atoms with Gasteiger partial charge in [-0.25, -0.2) is 14.3 Å². The van der Waals surface area contributed by atoms with Crippen molar-refractivity contribution < 1.29 is 14.3 Å². The van der Waals surface area contributed by atoms with Crippen LogP contribution in [0.2, 0.25) is 0 Å². The second-order valence-corrected chi connectivity index (χ2v) is 5.61. The molecule has 0 spiro atoms. The monoisotopic (exact) mass is 349 g/mol. The predicted molar refractivity (Wildman–Crippen MR) is 92.9 cm³/mol. The van der Waals surface area contributed by atoms with Crippen molar-refractivity contribution in [2.45, 2.75) is 13.5 Å². The van der Waals surface area contributed by atoms with Gasteiger partial charge in [0.25, 0.3) is 5.78 Å². The highest BCUT2D eigenvalue weighted by Gasteiger charge is 2.16. The molecule has 8 nitrogen and oxygen atoms in total. The molecule has 26 heavy (non-hydrogen) atoms. The lowest BCUT2D eigenvalue weighted by molar-refractivity contribution is 0.0598. The lowest BCUT2D eigenvalue weighted by Crippen LogP contribution is -2.09. The van der Waals surface area contributed by atoms with Crippen LogP contribution < -0.4 is 4.74 Å². The average Bonchev–Trinajstić information content (AvgIpc) is 3.10. The fraction of sp³-hybridized carbons (Fsp3) is 0.167. The Morgan fingerprint density at radius 1 is 1.19 bits per heavy atom. The summed E-state index contributed by atoms with van der Waals surface area (Å²) in [6.07, 6.45) is 3.16. The zero-order valence-corrected chi connectivity index (χ0v) is 14.2. The van der Waals surface area contributed by atoms with E-state index in [0.717, 1.165) is 10.9 Å². The number of ether oxygens (including phenoxy) is 2. The molecule has 0 saturated heterocycles. The quantitative estimate of drug-likeness (QED) is 0.522. The smallest absolute Gasteiger partial charge is 0.341 e. The molecule has 4 rings (SSSR count). The Kier molecular flexibility index (Phi) is 3.92. The van der Waals surface area contributed by atoms with Gasteiger partial charge in [0.05, 0.1) is 18.4 Å². The van der Waals surface area contributed by atoms with Crippen molar-refractivity contribution in [2.24, 2.45) is 0 Å². The summed E-state index contributed by atoms with van der Waals surface area (Å²) in [6, 6.07) is 9.58. The third-order valence-corrected chi connectivity index (χ3v) is 4.01. The molecule has 0 unspecified atom stereocenters. The number of fused-ring (bicyclic) bond motifs is 2. The van der Waals surface area contributed by atoms with Gasteiger partial charge in [-0.15, -0.1) is 5.10 Å². The molecule has 0 N–H and O–H groups in total. The van der Waals surface area contributed by atoms with Gasteiger partial charge in [0, 0.05) is 17.8 Å². The second-order valence-electron chi connectivity index (χ2n) is 5.61. The Morgan fingerprint density at radius 2 is 2.04 bits per heavy atom. The lowest BCUT2D eigenvalue weighted by atomic mass is 10.2. The van der Waals surface area contributed by atoms with E-state index in [1.54, 1.807) is 13.1 Å². The van der Waals surface area contributed by atoms with Crippen LogP contribution in [-0.2, 0) is 11.3 Å². The van der Waals surface area contributed by atoms with Crippen LogP contribution in [0, 0.1) is 6.92 Å². The maximum Gasteiger partial charge on any atom is 0.341 e. The van der Waals surface area contributed by atoms with Crippen LogP contribution in [0.5, 0.6) is 5.75 Å². The molecule has 0 aliphatic carbocycles. The average molecular weight is 349 g/mol. The first-order chi connectivity index (χ1) is 12.7. The first-order valence-corrected chi connectivity index (χ1v) is 7.93. The highest BCUT2D eigenvalue weighted by molar-refractivity contribution is 5.90. The third kappa shape index (κ3) is 2.71. The highest BCUT2D eigenvalue weighted by Crippen LogP contribution is 2.23. The van der Waals surface area contributed by atoms with Crippen molar-refractivity contribution in [3.05, 3.63) is 59.8 Å². The van der Waals surface area contributed by atoms with Crippen LogP contribution in [0.4, 0.5) is 0 Å². The summed E-state index contributed by atoms with van der Waals surface area (Å²) in [5, 5.41) is 5.37. The number of hydrogen-bond acceptors (Lipinski definition) is 7. The number of carbonyl (C=O) groups is 1. The molecular weight excluding hydrogens is 334 g/mol. The van der Waals surface area contributed by atoms with Crippen LogP contribution in [0.15, 0.2) is 42.7 Å². The molecule has 0 bridgehead atoms. The summed E-state index contributed by atoms with van der Waals surface area (Å²) in [6.45, 7) is 1.92. The maximum absolute atomic E-state index is 11.8. The number of carbonyl (C=O) groups excluding carboxylic acids is 1. The SMILES string of the molecule is COC(=O)c1cnc2nc(COc3cccc4cccnc34)nn2c1C. The van der Waals surface area contributed by atoms with E-state index >= 15 is 0 Å². The Labute approximate surface area is 148 Å². The molecule has 130 valence electrons. The molecular formula is C18H15N5O3. The van der Waals surface area contributed by atoms with Gasteiger partial charge in [-0.1, -0.05) is 18.2 Å². The molecule has 0 aliphatic rings. The molecule has 0 radical (unpaired) electrons. The molecule has 0 amide bonds. The van der Waals surface area contributed by atoms with Crippen molar-refractivity contribution in [3.63, 3.8) is 0 Å². The number of para-hydroxylation sites is 1. The van der Waals surface area contributed by atoms with E-state index in [4.69, 9.17) is 9.47 Å². The van der Waals surface area contributed by atoms with Gasteiger partial charge in [-0.3, -0.25) is 4.98 Å². The van der Waals surface area contributed by atoms with E-state index in [0.29, 0.717) is 28.6 Å². The van der Waals surface area contributed by atoms with Crippen molar-refractivity contribution >= 4 is 22.6 Å². The maximum atomic E-state index is 11.8. The summed E-state index contributed by atoms with van der Waals surface area (Å²) in [7, 11) is 1.32. The Hall–Kier alpha value is -3.55. The van der Waals surface area contributed by atoms with Crippen molar-refractivity contribution in [2.75, 3.05) is 7.11 Å². The van der Waals surface area contributed by atoms with E-state index < -0.39 is 5.97 Å². The number of rotatable bonds is 4. The van der Waals surface area contributed by atoms with Crippen molar-refractivity contribution in [1.29, 1.82) is 0 Å². The minimum Gasteiger partial charge on any atom is -0.483 e. The van der Waals surface area contributed by atoms with E-state index in [9.17, 15) is 4.79 Å². The number of aryl methyl sites for hydroxylation is 1. The molecule has 8 heteroatoms. The normalized spacial score (nSPS) is 11.0. The molecule has 1 aromatic carbocycles. The predicted octanol–water partition coefficient (Wildman–Crippen LogP) is 2.35. The van der Waals surface area contributed by atoms with E-state index in [-0.39, 0.29) is 6.61 Å². The number of aromatic nitrogens is 5. The number of hydrogen-bond donors (Lipinski definition) is 0. The summed E-state index contributed by atoms with van der Waals surface area (Å²) in [5.74, 6) is 1.04. The summed E-state index contributed by atoms with van der Waals surface area (Å²) < 4.78 is 12.1. The lowest BCUT2D eigenvalue weighted by Gasteiger charge is -2.06. The number of benzene rings is 1. The number of nitrogens with zero attached hydrogens (tertiary/aromatic N) is 5. The van der Waals surface area contributed by atoms with E-state index in [2.05, 4.69) is 20.1 Å². The van der Waals surface area contributed by atoms with Gasteiger partial charge in [-0.2, -0.15) is 4.98 Å². The number of esters is 1. The molecule has 4 aromatic rings. The summed E-state index contributed by atoms with van der Waals surface area (Å²) in [5.41, 5.74) is 1.73. The highest BCUT2D eigenvalue weighted by atomic mass is 16.5. The van der Waals surface area contributed by atoms with E-state index in [1.807, 2.05) is 30.3 Å². The van der Waals surface area contributed by atoms with Crippen LogP contribution in [0.25, 0.3) is 16.7 Å². The summed E-state index contributed by atoms with van der Waals surface area (Å²) in [4.78, 5) is 24.6. The fourth-order valence-electron chi connectivity index (χ4n) is 2.69. The van der Waals surface area contributed by atoms with Crippen LogP contribution in [-0.4, -0.2) is 37.6 Å². The van der Waals surface area contributed by atoms with Gasteiger partial charge in [0.15, 0.2) is 5.82 Å². The minimum absolute atomic E-state index is 0.159. The Morgan fingerprint density at radius 3 is 2.88 bits per heavy atom. The van der Waals surface area contributed by atoms with Crippen molar-refractivity contribution in [1.82, 2.24) is 24.6 Å². The molecule has 3 aromatic heterocycles. The third-order valence-electron chi connectivity index (χ3n) is 4.01. The minimum atomic E-state index is -0.466. The van der Waals surface area contributed by atoms with Gasteiger partial charge in [0.2, 0.25) is 0 Å².